The lowest BCUT2D eigenvalue weighted by Gasteiger charge is -2.29. The van der Waals surface area contributed by atoms with Gasteiger partial charge in [-0.15, -0.1) is 0 Å². The number of nitrogens with one attached hydrogen (secondary N) is 3. The van der Waals surface area contributed by atoms with Crippen LogP contribution in [0.2, 0.25) is 0 Å². The third-order valence-electron chi connectivity index (χ3n) is 5.92. The van der Waals surface area contributed by atoms with Gasteiger partial charge in [0.05, 0.1) is 5.69 Å². The average Bonchev–Trinajstić information content (AvgIpc) is 3.01. The molecule has 0 radical (unpaired) electrons. The minimum absolute atomic E-state index is 0.169. The normalized spacial score (nSPS) is 21.3. The van der Waals surface area contributed by atoms with E-state index in [1.165, 1.54) is 0 Å². The number of carbonyl (C=O) groups excluding carboxylic acids is 3. The second-order valence-electron chi connectivity index (χ2n) is 7.91. The van der Waals surface area contributed by atoms with Crippen LogP contribution in [-0.4, -0.2) is 51.7 Å². The number of hydrogen-bond donors (Lipinski definition) is 3. The molecule has 0 aliphatic carbocycles. The first-order valence-corrected chi connectivity index (χ1v) is 10.1. The van der Waals surface area contributed by atoms with E-state index in [0.29, 0.717) is 36.9 Å². The number of hydrogen-bond acceptors (Lipinski definition) is 7. The Balaban J connectivity index is 1.27. The van der Waals surface area contributed by atoms with Gasteiger partial charge in [-0.1, -0.05) is 12.1 Å². The van der Waals surface area contributed by atoms with Crippen LogP contribution in [0, 0.1) is 0 Å². The summed E-state index contributed by atoms with van der Waals surface area (Å²) in [5, 5.41) is 8.79. The maximum atomic E-state index is 12.9. The molecule has 1 aromatic heterocycles. The van der Waals surface area contributed by atoms with Crippen molar-refractivity contribution in [2.75, 3.05) is 18.4 Å². The second kappa shape index (κ2) is 7.49. The van der Waals surface area contributed by atoms with Crippen LogP contribution in [0.3, 0.4) is 0 Å². The fraction of sp³-hybridized carbons (Fsp3) is 0.381. The summed E-state index contributed by atoms with van der Waals surface area (Å²) in [6.07, 6.45) is 2.37. The van der Waals surface area contributed by atoms with Crippen LogP contribution in [0.4, 0.5) is 5.95 Å². The van der Waals surface area contributed by atoms with Crippen molar-refractivity contribution in [1.82, 2.24) is 25.5 Å². The van der Waals surface area contributed by atoms with Gasteiger partial charge < -0.3 is 15.5 Å². The first-order valence-electron chi connectivity index (χ1n) is 10.1. The van der Waals surface area contributed by atoms with Crippen molar-refractivity contribution < 1.29 is 14.4 Å². The summed E-state index contributed by atoms with van der Waals surface area (Å²) in [7, 11) is 0. The Morgan fingerprint density at radius 2 is 2.03 bits per heavy atom. The monoisotopic (exact) mass is 406 g/mol. The molecule has 0 spiro atoms. The van der Waals surface area contributed by atoms with Crippen LogP contribution in [0.5, 0.6) is 0 Å². The zero-order valence-electron chi connectivity index (χ0n) is 16.4. The third-order valence-corrected chi connectivity index (χ3v) is 5.92. The quantitative estimate of drug-likeness (QED) is 0.621. The van der Waals surface area contributed by atoms with Crippen LogP contribution < -0.4 is 16.0 Å². The molecular formula is C21H22N6O3. The Morgan fingerprint density at radius 3 is 2.80 bits per heavy atom. The molecule has 9 heteroatoms. The Labute approximate surface area is 173 Å². The summed E-state index contributed by atoms with van der Waals surface area (Å²) in [5.74, 6) is 0.152. The van der Waals surface area contributed by atoms with E-state index in [9.17, 15) is 14.4 Å². The van der Waals surface area contributed by atoms with E-state index in [4.69, 9.17) is 0 Å². The van der Waals surface area contributed by atoms with Gasteiger partial charge in [0.1, 0.15) is 6.04 Å². The van der Waals surface area contributed by atoms with Crippen LogP contribution in [0.25, 0.3) is 0 Å². The van der Waals surface area contributed by atoms with Gasteiger partial charge in [0.2, 0.25) is 17.8 Å². The van der Waals surface area contributed by atoms with Crippen molar-refractivity contribution in [1.29, 1.82) is 0 Å². The second-order valence-corrected chi connectivity index (χ2v) is 7.91. The van der Waals surface area contributed by atoms with Crippen molar-refractivity contribution in [3.63, 3.8) is 0 Å². The molecule has 3 aliphatic heterocycles. The van der Waals surface area contributed by atoms with E-state index in [1.807, 2.05) is 24.3 Å². The zero-order chi connectivity index (χ0) is 20.7. The first-order chi connectivity index (χ1) is 14.6. The predicted molar refractivity (Wildman–Crippen MR) is 107 cm³/mol. The molecule has 9 nitrogen and oxygen atoms in total. The molecule has 1 aromatic carbocycles. The van der Waals surface area contributed by atoms with Crippen molar-refractivity contribution in [3.05, 3.63) is 52.8 Å². The molecule has 2 fully saturated rings. The van der Waals surface area contributed by atoms with E-state index < -0.39 is 11.9 Å². The van der Waals surface area contributed by atoms with Crippen LogP contribution in [-0.2, 0) is 22.7 Å². The van der Waals surface area contributed by atoms with Crippen molar-refractivity contribution in [2.24, 2.45) is 0 Å². The number of imide groups is 1. The standard InChI is InChI=1S/C21H22N6O3/c28-18-4-3-17(19(29)26-18)27-11-13-2-1-12(7-15(13)20(27)30)8-24-21-23-6-5-16(25-21)14-9-22-10-14/h1-2,5-7,14,17,22H,3-4,8-11H2,(H,23,24,25)(H,26,28,29). The molecule has 0 bridgehead atoms. The van der Waals surface area contributed by atoms with Gasteiger partial charge in [-0.05, 0) is 29.7 Å². The number of benzene rings is 1. The number of piperidine rings is 1. The summed E-state index contributed by atoms with van der Waals surface area (Å²) in [6, 6.07) is 7.09. The summed E-state index contributed by atoms with van der Waals surface area (Å²) in [5.41, 5.74) is 3.46. The number of amides is 3. The Hall–Kier alpha value is -3.33. The summed E-state index contributed by atoms with van der Waals surface area (Å²) >= 11 is 0. The van der Waals surface area contributed by atoms with Crippen molar-refractivity contribution >= 4 is 23.7 Å². The fourth-order valence-corrected chi connectivity index (χ4v) is 4.08. The predicted octanol–water partition coefficient (Wildman–Crippen LogP) is 0.537. The number of anilines is 1. The highest BCUT2D eigenvalue weighted by Crippen LogP contribution is 2.28. The van der Waals surface area contributed by atoms with Gasteiger partial charge >= 0.3 is 0 Å². The fourth-order valence-electron chi connectivity index (χ4n) is 4.08. The Morgan fingerprint density at radius 1 is 1.17 bits per heavy atom. The molecule has 4 heterocycles. The van der Waals surface area contributed by atoms with Gasteiger partial charge in [-0.3, -0.25) is 19.7 Å². The zero-order valence-corrected chi connectivity index (χ0v) is 16.4. The number of aromatic nitrogens is 2. The van der Waals surface area contributed by atoms with E-state index >= 15 is 0 Å². The van der Waals surface area contributed by atoms with Crippen LogP contribution in [0.15, 0.2) is 30.5 Å². The molecule has 5 rings (SSSR count). The molecular weight excluding hydrogens is 384 g/mol. The minimum Gasteiger partial charge on any atom is -0.350 e. The van der Waals surface area contributed by atoms with Crippen LogP contribution >= 0.6 is 0 Å². The minimum atomic E-state index is -0.596. The highest BCUT2D eigenvalue weighted by atomic mass is 16.2. The van der Waals surface area contributed by atoms with Crippen molar-refractivity contribution in [3.8, 4) is 0 Å². The molecule has 3 N–H and O–H groups in total. The molecule has 154 valence electrons. The van der Waals surface area contributed by atoms with Gasteiger partial charge in [0.25, 0.3) is 5.91 Å². The lowest BCUT2D eigenvalue weighted by molar-refractivity contribution is -0.136. The number of nitrogens with zero attached hydrogens (tertiary/aromatic N) is 3. The van der Waals surface area contributed by atoms with Gasteiger partial charge in [0.15, 0.2) is 0 Å². The highest BCUT2D eigenvalue weighted by Gasteiger charge is 2.39. The molecule has 0 saturated carbocycles. The smallest absolute Gasteiger partial charge is 0.255 e. The van der Waals surface area contributed by atoms with Crippen molar-refractivity contribution in [2.45, 2.75) is 37.9 Å². The molecule has 2 saturated heterocycles. The summed E-state index contributed by atoms with van der Waals surface area (Å²) < 4.78 is 0. The highest BCUT2D eigenvalue weighted by molar-refractivity contribution is 6.05. The first kappa shape index (κ1) is 18.7. The van der Waals surface area contributed by atoms with Gasteiger partial charge in [0, 0.05) is 50.3 Å². The lowest BCUT2D eigenvalue weighted by Crippen LogP contribution is -2.52. The summed E-state index contributed by atoms with van der Waals surface area (Å²) in [4.78, 5) is 46.9. The number of carbonyl (C=O) groups is 3. The molecule has 3 amide bonds. The van der Waals surface area contributed by atoms with Gasteiger partial charge in [-0.2, -0.15) is 0 Å². The topological polar surface area (TPSA) is 116 Å². The van der Waals surface area contributed by atoms with E-state index in [0.717, 1.165) is 29.9 Å². The Kier molecular flexibility index (Phi) is 4.66. The lowest BCUT2D eigenvalue weighted by atomic mass is 9.99. The SMILES string of the molecule is O=C1CCC(N2Cc3ccc(CNc4nccc(C5CNC5)n4)cc3C2=O)C(=O)N1. The van der Waals surface area contributed by atoms with E-state index in [-0.39, 0.29) is 18.2 Å². The maximum Gasteiger partial charge on any atom is 0.255 e. The molecule has 30 heavy (non-hydrogen) atoms. The maximum absolute atomic E-state index is 12.9. The average molecular weight is 406 g/mol. The number of rotatable bonds is 5. The van der Waals surface area contributed by atoms with Gasteiger partial charge in [-0.25, -0.2) is 9.97 Å². The van der Waals surface area contributed by atoms with E-state index in [1.54, 1.807) is 11.1 Å². The molecule has 2 aromatic rings. The van der Waals surface area contributed by atoms with E-state index in [2.05, 4.69) is 25.9 Å². The molecule has 3 aliphatic rings. The molecule has 1 atom stereocenters. The largest absolute Gasteiger partial charge is 0.350 e. The number of fused-ring (bicyclic) bond motifs is 1. The van der Waals surface area contributed by atoms with Crippen LogP contribution in [0.1, 0.15) is 45.9 Å². The third kappa shape index (κ3) is 3.41. The summed E-state index contributed by atoms with van der Waals surface area (Å²) in [6.45, 7) is 2.75. The Bertz CT molecular complexity index is 1040. The molecule has 1 unspecified atom stereocenters.